The number of hydrogen-bond donors (Lipinski definition) is 2. The van der Waals surface area contributed by atoms with E-state index in [0.717, 1.165) is 11.1 Å². The standard InChI is InChI=1S/C17H21NO2/c1-12-9-14(5-4-8-19)11-16(10-12)17(20)18-13(2)15-6-3-7-15/h9-11,13,15,19H,3,6-8H2,1-2H3,(H,18,20). The summed E-state index contributed by atoms with van der Waals surface area (Å²) >= 11 is 0. The fraction of sp³-hybridized carbons (Fsp3) is 0.471. The fourth-order valence-corrected chi connectivity index (χ4v) is 2.48. The quantitative estimate of drug-likeness (QED) is 0.828. The van der Waals surface area contributed by atoms with Gasteiger partial charge in [-0.15, -0.1) is 0 Å². The number of amides is 1. The van der Waals surface area contributed by atoms with Crippen LogP contribution in [0.4, 0.5) is 0 Å². The van der Waals surface area contributed by atoms with E-state index in [9.17, 15) is 4.79 Å². The number of benzene rings is 1. The molecular formula is C17H21NO2. The fourth-order valence-electron chi connectivity index (χ4n) is 2.48. The SMILES string of the molecule is Cc1cc(C#CCO)cc(C(=O)NC(C)C2CCC2)c1. The largest absolute Gasteiger partial charge is 0.384 e. The first-order valence-electron chi connectivity index (χ1n) is 7.12. The summed E-state index contributed by atoms with van der Waals surface area (Å²) in [4.78, 5) is 12.3. The Bertz CT molecular complexity index is 550. The van der Waals surface area contributed by atoms with Crippen molar-refractivity contribution in [3.63, 3.8) is 0 Å². The van der Waals surface area contributed by atoms with Crippen LogP contribution >= 0.6 is 0 Å². The van der Waals surface area contributed by atoms with Crippen molar-refractivity contribution >= 4 is 5.91 Å². The van der Waals surface area contributed by atoms with Crippen LogP contribution < -0.4 is 5.32 Å². The van der Waals surface area contributed by atoms with E-state index >= 15 is 0 Å². The summed E-state index contributed by atoms with van der Waals surface area (Å²) in [5, 5.41) is 11.8. The zero-order chi connectivity index (χ0) is 14.5. The predicted octanol–water partition coefficient (Wildman–Crippen LogP) is 2.26. The van der Waals surface area contributed by atoms with E-state index in [1.165, 1.54) is 19.3 Å². The molecule has 3 nitrogen and oxygen atoms in total. The Kier molecular flexibility index (Phi) is 4.81. The van der Waals surface area contributed by atoms with Crippen LogP contribution in [0, 0.1) is 24.7 Å². The zero-order valence-corrected chi connectivity index (χ0v) is 12.1. The lowest BCUT2D eigenvalue weighted by molar-refractivity contribution is 0.0909. The monoisotopic (exact) mass is 271 g/mol. The van der Waals surface area contributed by atoms with Gasteiger partial charge in [0.15, 0.2) is 0 Å². The molecule has 1 amide bonds. The molecular weight excluding hydrogens is 250 g/mol. The minimum atomic E-state index is -0.172. The van der Waals surface area contributed by atoms with Crippen LogP contribution in [0.1, 0.15) is 47.7 Å². The first kappa shape index (κ1) is 14.6. The van der Waals surface area contributed by atoms with Crippen LogP contribution in [-0.2, 0) is 0 Å². The van der Waals surface area contributed by atoms with E-state index in [4.69, 9.17) is 5.11 Å². The summed E-state index contributed by atoms with van der Waals surface area (Å²) in [6.45, 7) is 3.84. The molecule has 2 N–H and O–H groups in total. The van der Waals surface area contributed by atoms with Gasteiger partial charge in [0.05, 0.1) is 0 Å². The third-order valence-electron chi connectivity index (χ3n) is 3.87. The van der Waals surface area contributed by atoms with Gasteiger partial charge < -0.3 is 10.4 Å². The second-order valence-corrected chi connectivity index (χ2v) is 5.50. The number of hydrogen-bond acceptors (Lipinski definition) is 2. The Morgan fingerprint density at radius 2 is 2.20 bits per heavy atom. The molecule has 2 rings (SSSR count). The highest BCUT2D eigenvalue weighted by Crippen LogP contribution is 2.29. The minimum absolute atomic E-state index is 0.0415. The molecule has 1 aromatic rings. The van der Waals surface area contributed by atoms with E-state index in [2.05, 4.69) is 24.1 Å². The Labute approximate surface area is 120 Å². The average Bonchev–Trinajstić information content (AvgIpc) is 2.33. The average molecular weight is 271 g/mol. The van der Waals surface area contributed by atoms with Crippen LogP contribution in [0.3, 0.4) is 0 Å². The van der Waals surface area contributed by atoms with Gasteiger partial charge in [0.1, 0.15) is 6.61 Å². The molecule has 0 spiro atoms. The number of aliphatic hydroxyl groups excluding tert-OH is 1. The summed E-state index contributed by atoms with van der Waals surface area (Å²) in [6.07, 6.45) is 3.70. The molecule has 0 heterocycles. The highest BCUT2D eigenvalue weighted by atomic mass is 16.2. The molecule has 1 atom stereocenters. The predicted molar refractivity (Wildman–Crippen MR) is 79.4 cm³/mol. The first-order chi connectivity index (χ1) is 9.60. The molecule has 1 fully saturated rings. The van der Waals surface area contributed by atoms with Crippen molar-refractivity contribution in [1.82, 2.24) is 5.32 Å². The normalized spacial score (nSPS) is 15.8. The third-order valence-corrected chi connectivity index (χ3v) is 3.87. The van der Waals surface area contributed by atoms with Gasteiger partial charge in [-0.2, -0.15) is 0 Å². The molecule has 1 aliphatic carbocycles. The van der Waals surface area contributed by atoms with Crippen molar-refractivity contribution in [1.29, 1.82) is 0 Å². The zero-order valence-electron chi connectivity index (χ0n) is 12.1. The number of rotatable bonds is 3. The maximum atomic E-state index is 12.3. The number of nitrogens with one attached hydrogen (secondary N) is 1. The number of aryl methyl sites for hydroxylation is 1. The molecule has 0 saturated heterocycles. The van der Waals surface area contributed by atoms with E-state index in [1.54, 1.807) is 6.07 Å². The number of carbonyl (C=O) groups excluding carboxylic acids is 1. The van der Waals surface area contributed by atoms with E-state index in [1.807, 2.05) is 19.1 Å². The second-order valence-electron chi connectivity index (χ2n) is 5.50. The Balaban J connectivity index is 2.10. The minimum Gasteiger partial charge on any atom is -0.384 e. The molecule has 0 aromatic heterocycles. The topological polar surface area (TPSA) is 49.3 Å². The lowest BCUT2D eigenvalue weighted by Crippen LogP contribution is -2.40. The smallest absolute Gasteiger partial charge is 0.251 e. The number of aliphatic hydroxyl groups is 1. The molecule has 1 saturated carbocycles. The highest BCUT2D eigenvalue weighted by molar-refractivity contribution is 5.95. The molecule has 1 aliphatic rings. The van der Waals surface area contributed by atoms with Crippen LogP contribution in [0.2, 0.25) is 0 Å². The van der Waals surface area contributed by atoms with Crippen molar-refractivity contribution in [3.8, 4) is 11.8 Å². The van der Waals surface area contributed by atoms with Crippen LogP contribution in [0.5, 0.6) is 0 Å². The molecule has 0 aliphatic heterocycles. The van der Waals surface area contributed by atoms with Crippen LogP contribution in [0.25, 0.3) is 0 Å². The summed E-state index contributed by atoms with van der Waals surface area (Å²) in [5.74, 6) is 6.04. The van der Waals surface area contributed by atoms with Gasteiger partial charge in [-0.1, -0.05) is 18.3 Å². The van der Waals surface area contributed by atoms with Crippen molar-refractivity contribution in [2.75, 3.05) is 6.61 Å². The van der Waals surface area contributed by atoms with Crippen molar-refractivity contribution in [2.45, 2.75) is 39.2 Å². The van der Waals surface area contributed by atoms with Gasteiger partial charge in [-0.05, 0) is 56.4 Å². The van der Waals surface area contributed by atoms with Crippen molar-refractivity contribution in [3.05, 3.63) is 34.9 Å². The van der Waals surface area contributed by atoms with E-state index < -0.39 is 0 Å². The molecule has 1 aromatic carbocycles. The van der Waals surface area contributed by atoms with Gasteiger partial charge in [0.25, 0.3) is 5.91 Å². The van der Waals surface area contributed by atoms with Gasteiger partial charge in [0.2, 0.25) is 0 Å². The molecule has 3 heteroatoms. The van der Waals surface area contributed by atoms with Crippen LogP contribution in [-0.4, -0.2) is 23.7 Å². The van der Waals surface area contributed by atoms with Gasteiger partial charge in [-0.25, -0.2) is 0 Å². The van der Waals surface area contributed by atoms with E-state index in [0.29, 0.717) is 11.5 Å². The Morgan fingerprint density at radius 3 is 2.80 bits per heavy atom. The maximum absolute atomic E-state index is 12.3. The molecule has 20 heavy (non-hydrogen) atoms. The van der Waals surface area contributed by atoms with Gasteiger partial charge in [0, 0.05) is 17.2 Å². The summed E-state index contributed by atoms with van der Waals surface area (Å²) in [6, 6.07) is 5.78. The summed E-state index contributed by atoms with van der Waals surface area (Å²) in [5.41, 5.74) is 2.40. The molecule has 1 unspecified atom stereocenters. The molecule has 0 radical (unpaired) electrons. The van der Waals surface area contributed by atoms with E-state index in [-0.39, 0.29) is 18.6 Å². The van der Waals surface area contributed by atoms with Crippen LogP contribution in [0.15, 0.2) is 18.2 Å². The highest BCUT2D eigenvalue weighted by Gasteiger charge is 2.25. The van der Waals surface area contributed by atoms with Crippen molar-refractivity contribution < 1.29 is 9.90 Å². The lowest BCUT2D eigenvalue weighted by atomic mass is 9.80. The maximum Gasteiger partial charge on any atom is 0.251 e. The summed E-state index contributed by atoms with van der Waals surface area (Å²) in [7, 11) is 0. The number of carbonyl (C=O) groups is 1. The summed E-state index contributed by atoms with van der Waals surface area (Å²) < 4.78 is 0. The van der Waals surface area contributed by atoms with Gasteiger partial charge >= 0.3 is 0 Å². The molecule has 106 valence electrons. The third kappa shape index (κ3) is 3.61. The Hall–Kier alpha value is -1.79. The van der Waals surface area contributed by atoms with Gasteiger partial charge in [-0.3, -0.25) is 4.79 Å². The molecule has 0 bridgehead atoms. The van der Waals surface area contributed by atoms with Crippen molar-refractivity contribution in [2.24, 2.45) is 5.92 Å². The Morgan fingerprint density at radius 1 is 1.45 bits per heavy atom. The first-order valence-corrected chi connectivity index (χ1v) is 7.12. The second kappa shape index (κ2) is 6.58. The lowest BCUT2D eigenvalue weighted by Gasteiger charge is -2.31.